The Balaban J connectivity index is 2.47. The Kier molecular flexibility index (Phi) is 11.2. The minimum Gasteiger partial charge on any atom is -0.351 e. The molecule has 1 amide bonds. The van der Waals surface area contributed by atoms with Crippen molar-refractivity contribution in [3.8, 4) is 0 Å². The average molecular weight is 383 g/mol. The Morgan fingerprint density at radius 1 is 0.929 bits per heavy atom. The number of benzene rings is 1. The van der Waals surface area contributed by atoms with E-state index in [9.17, 15) is 4.79 Å². The number of carbonyl (C=O) groups is 1. The SMILES string of the molecule is CC(C)=CCCC(C)=CCCC(C)=Cc1ccc(C(=O)NCCN(C)C)cc1. The normalized spacial score (nSPS) is 12.2. The highest BCUT2D eigenvalue weighted by atomic mass is 16.1. The summed E-state index contributed by atoms with van der Waals surface area (Å²) in [5, 5.41) is 2.94. The number of hydrogen-bond acceptors (Lipinski definition) is 2. The second-order valence-electron chi connectivity index (χ2n) is 8.08. The van der Waals surface area contributed by atoms with Gasteiger partial charge in [-0.25, -0.2) is 0 Å². The van der Waals surface area contributed by atoms with Crippen molar-refractivity contribution in [1.29, 1.82) is 0 Å². The van der Waals surface area contributed by atoms with Crippen LogP contribution in [0.4, 0.5) is 0 Å². The molecule has 0 unspecified atom stereocenters. The molecule has 0 saturated carbocycles. The topological polar surface area (TPSA) is 32.3 Å². The number of likely N-dealkylation sites (N-methyl/N-ethyl adjacent to an activating group) is 1. The zero-order valence-corrected chi connectivity index (χ0v) is 18.6. The van der Waals surface area contributed by atoms with Gasteiger partial charge in [0, 0.05) is 18.7 Å². The van der Waals surface area contributed by atoms with Crippen LogP contribution in [0, 0.1) is 0 Å². The predicted molar refractivity (Wildman–Crippen MR) is 123 cm³/mol. The van der Waals surface area contributed by atoms with Gasteiger partial charge < -0.3 is 10.2 Å². The molecule has 0 saturated heterocycles. The predicted octanol–water partition coefficient (Wildman–Crippen LogP) is 5.85. The molecule has 3 nitrogen and oxygen atoms in total. The van der Waals surface area contributed by atoms with Crippen LogP contribution in [0.15, 0.2) is 53.1 Å². The van der Waals surface area contributed by atoms with Crippen LogP contribution >= 0.6 is 0 Å². The first-order valence-electron chi connectivity index (χ1n) is 10.3. The summed E-state index contributed by atoms with van der Waals surface area (Å²) in [6.07, 6.45) is 11.3. The van der Waals surface area contributed by atoms with E-state index in [1.807, 2.05) is 38.4 Å². The van der Waals surface area contributed by atoms with Crippen LogP contribution < -0.4 is 5.32 Å². The van der Waals surface area contributed by atoms with Crippen molar-refractivity contribution in [3.05, 3.63) is 64.3 Å². The zero-order valence-electron chi connectivity index (χ0n) is 18.6. The summed E-state index contributed by atoms with van der Waals surface area (Å²) in [5.74, 6) is -0.0113. The van der Waals surface area contributed by atoms with E-state index in [2.05, 4.69) is 56.1 Å². The molecule has 0 bridgehead atoms. The summed E-state index contributed by atoms with van der Waals surface area (Å²) >= 11 is 0. The Bertz CT molecular complexity index is 690. The molecule has 0 radical (unpaired) electrons. The lowest BCUT2D eigenvalue weighted by Crippen LogP contribution is -2.31. The highest BCUT2D eigenvalue weighted by Gasteiger charge is 2.04. The van der Waals surface area contributed by atoms with Gasteiger partial charge in [0.1, 0.15) is 0 Å². The highest BCUT2D eigenvalue weighted by Crippen LogP contribution is 2.15. The van der Waals surface area contributed by atoms with Crippen LogP contribution in [-0.4, -0.2) is 38.0 Å². The van der Waals surface area contributed by atoms with E-state index in [-0.39, 0.29) is 5.91 Å². The lowest BCUT2D eigenvalue weighted by molar-refractivity contribution is 0.0951. The van der Waals surface area contributed by atoms with Crippen LogP contribution in [0.1, 0.15) is 69.3 Å². The molecule has 0 aliphatic rings. The van der Waals surface area contributed by atoms with Gasteiger partial charge in [0.15, 0.2) is 0 Å². The molecular formula is C25H38N2O. The van der Waals surface area contributed by atoms with Crippen molar-refractivity contribution in [1.82, 2.24) is 10.2 Å². The van der Waals surface area contributed by atoms with Crippen molar-refractivity contribution in [2.75, 3.05) is 27.2 Å². The lowest BCUT2D eigenvalue weighted by Gasteiger charge is -2.10. The van der Waals surface area contributed by atoms with E-state index in [0.29, 0.717) is 12.1 Å². The standard InChI is InChI=1S/C25H38N2O/c1-20(2)9-7-10-21(3)11-8-12-22(4)19-23-13-15-24(16-14-23)25(28)26-17-18-27(5)6/h9,11,13-16,19H,7-8,10,12,17-18H2,1-6H3,(H,26,28). The minimum atomic E-state index is -0.0113. The molecule has 1 rings (SSSR count). The fourth-order valence-corrected chi connectivity index (χ4v) is 2.82. The summed E-state index contributed by atoms with van der Waals surface area (Å²) in [6.45, 7) is 10.2. The van der Waals surface area contributed by atoms with Crippen LogP contribution in [0.25, 0.3) is 6.08 Å². The van der Waals surface area contributed by atoms with Crippen molar-refractivity contribution in [2.24, 2.45) is 0 Å². The number of nitrogens with zero attached hydrogens (tertiary/aromatic N) is 1. The van der Waals surface area contributed by atoms with Gasteiger partial charge in [0.05, 0.1) is 0 Å². The minimum absolute atomic E-state index is 0.0113. The van der Waals surface area contributed by atoms with Gasteiger partial charge in [-0.3, -0.25) is 4.79 Å². The van der Waals surface area contributed by atoms with E-state index in [1.54, 1.807) is 0 Å². The summed E-state index contributed by atoms with van der Waals surface area (Å²) in [5.41, 5.74) is 6.07. The third-order valence-corrected chi connectivity index (χ3v) is 4.55. The summed E-state index contributed by atoms with van der Waals surface area (Å²) in [6, 6.07) is 7.84. The van der Waals surface area contributed by atoms with Gasteiger partial charge >= 0.3 is 0 Å². The Labute approximate surface area is 172 Å². The molecule has 0 heterocycles. The molecule has 1 N–H and O–H groups in total. The highest BCUT2D eigenvalue weighted by molar-refractivity contribution is 5.94. The average Bonchev–Trinajstić information content (AvgIpc) is 2.61. The van der Waals surface area contributed by atoms with E-state index in [4.69, 9.17) is 0 Å². The van der Waals surface area contributed by atoms with E-state index in [1.165, 1.54) is 16.7 Å². The van der Waals surface area contributed by atoms with E-state index in [0.717, 1.165) is 37.8 Å². The van der Waals surface area contributed by atoms with E-state index < -0.39 is 0 Å². The summed E-state index contributed by atoms with van der Waals surface area (Å²) in [4.78, 5) is 14.2. The first-order valence-corrected chi connectivity index (χ1v) is 10.3. The quantitative estimate of drug-likeness (QED) is 0.487. The number of nitrogens with one attached hydrogen (secondary N) is 1. The van der Waals surface area contributed by atoms with Crippen molar-refractivity contribution in [3.63, 3.8) is 0 Å². The first kappa shape index (κ1) is 23.9. The van der Waals surface area contributed by atoms with Gasteiger partial charge in [-0.1, -0.05) is 47.1 Å². The summed E-state index contributed by atoms with van der Waals surface area (Å²) in [7, 11) is 3.99. The maximum absolute atomic E-state index is 12.1. The van der Waals surface area contributed by atoms with Crippen molar-refractivity contribution >= 4 is 12.0 Å². The molecule has 0 aliphatic heterocycles. The number of allylic oxidation sites excluding steroid dienone is 5. The molecule has 0 spiro atoms. The smallest absolute Gasteiger partial charge is 0.251 e. The van der Waals surface area contributed by atoms with Crippen LogP contribution in [-0.2, 0) is 0 Å². The Morgan fingerprint density at radius 3 is 2.14 bits per heavy atom. The maximum Gasteiger partial charge on any atom is 0.251 e. The van der Waals surface area contributed by atoms with Crippen LogP contribution in [0.3, 0.4) is 0 Å². The largest absolute Gasteiger partial charge is 0.351 e. The van der Waals surface area contributed by atoms with Gasteiger partial charge in [-0.2, -0.15) is 0 Å². The van der Waals surface area contributed by atoms with Gasteiger partial charge in [-0.05, 0) is 85.2 Å². The third kappa shape index (κ3) is 10.9. The second-order valence-corrected chi connectivity index (χ2v) is 8.08. The molecule has 28 heavy (non-hydrogen) atoms. The van der Waals surface area contributed by atoms with Crippen LogP contribution in [0.5, 0.6) is 0 Å². The Morgan fingerprint density at radius 2 is 1.54 bits per heavy atom. The van der Waals surface area contributed by atoms with Gasteiger partial charge in [0.2, 0.25) is 0 Å². The first-order chi connectivity index (χ1) is 13.3. The number of amides is 1. The molecule has 0 aliphatic carbocycles. The monoisotopic (exact) mass is 382 g/mol. The lowest BCUT2D eigenvalue weighted by atomic mass is 10.0. The molecule has 0 atom stereocenters. The molecule has 0 fully saturated rings. The second kappa shape index (κ2) is 13.1. The fourth-order valence-electron chi connectivity index (χ4n) is 2.82. The fraction of sp³-hybridized carbons (Fsp3) is 0.480. The van der Waals surface area contributed by atoms with Gasteiger partial charge in [0.25, 0.3) is 5.91 Å². The van der Waals surface area contributed by atoms with Gasteiger partial charge in [-0.15, -0.1) is 0 Å². The van der Waals surface area contributed by atoms with Crippen LogP contribution in [0.2, 0.25) is 0 Å². The number of hydrogen-bond donors (Lipinski definition) is 1. The third-order valence-electron chi connectivity index (χ3n) is 4.55. The molecular weight excluding hydrogens is 344 g/mol. The zero-order chi connectivity index (χ0) is 20.9. The van der Waals surface area contributed by atoms with Crippen molar-refractivity contribution in [2.45, 2.75) is 53.4 Å². The molecule has 0 aromatic heterocycles. The maximum atomic E-state index is 12.1. The molecule has 1 aromatic rings. The summed E-state index contributed by atoms with van der Waals surface area (Å²) < 4.78 is 0. The molecule has 154 valence electrons. The van der Waals surface area contributed by atoms with E-state index >= 15 is 0 Å². The molecule has 3 heteroatoms. The van der Waals surface area contributed by atoms with Crippen molar-refractivity contribution < 1.29 is 4.79 Å². The Hall–Kier alpha value is -2.13. The number of rotatable bonds is 11. The number of carbonyl (C=O) groups excluding carboxylic acids is 1. The molecule has 1 aromatic carbocycles.